The summed E-state index contributed by atoms with van der Waals surface area (Å²) < 4.78 is 143. The fraction of sp³-hybridized carbons (Fsp3) is 1.00. The Kier molecular flexibility index (Phi) is 9.18. The minimum absolute atomic E-state index is 0.806. The average molecular weight is 432 g/mol. The van der Waals surface area contributed by atoms with Crippen molar-refractivity contribution in [2.45, 2.75) is 30.4 Å². The second kappa shape index (κ2) is 9.51. The lowest BCUT2D eigenvalue weighted by Gasteiger charge is -2.34. The van der Waals surface area contributed by atoms with Crippen LogP contribution < -0.4 is 0 Å². The van der Waals surface area contributed by atoms with E-state index in [9.17, 15) is 43.9 Å². The number of rotatable bonds is 14. The van der Waals surface area contributed by atoms with Crippen LogP contribution in [0.25, 0.3) is 0 Å². The van der Waals surface area contributed by atoms with E-state index in [0.29, 0.717) is 0 Å². The Morgan fingerprint density at radius 2 is 1.07 bits per heavy atom. The van der Waals surface area contributed by atoms with E-state index in [0.717, 1.165) is 0 Å². The molecule has 0 aliphatic heterocycles. The van der Waals surface area contributed by atoms with Crippen molar-refractivity contribution < 1.29 is 73.1 Å². The van der Waals surface area contributed by atoms with E-state index in [-0.39, 0.29) is 0 Å². The van der Waals surface area contributed by atoms with Crippen molar-refractivity contribution in [2.75, 3.05) is 39.6 Å². The highest BCUT2D eigenvalue weighted by Crippen LogP contribution is 2.49. The third-order valence-electron chi connectivity index (χ3n) is 2.36. The van der Waals surface area contributed by atoms with Crippen molar-refractivity contribution in [2.24, 2.45) is 0 Å². The molecule has 0 heterocycles. The molecule has 2 N–H and O–H groups in total. The number of hydrogen-bond acceptors (Lipinski definition) is 6. The number of halogens is 10. The number of ether oxygens (including phenoxy) is 4. The quantitative estimate of drug-likeness (QED) is 0.249. The summed E-state index contributed by atoms with van der Waals surface area (Å²) in [4.78, 5) is 0. The van der Waals surface area contributed by atoms with Crippen LogP contribution in [0.15, 0.2) is 0 Å². The van der Waals surface area contributed by atoms with Crippen molar-refractivity contribution in [3.8, 4) is 0 Å². The maximum atomic E-state index is 13.2. The summed E-state index contributed by atoms with van der Waals surface area (Å²) >= 11 is 0. The minimum atomic E-state index is -6.69. The van der Waals surface area contributed by atoms with Gasteiger partial charge < -0.3 is 19.7 Å². The molecule has 164 valence electrons. The number of alkyl halides is 10. The third-order valence-corrected chi connectivity index (χ3v) is 2.36. The van der Waals surface area contributed by atoms with E-state index < -0.39 is 70.0 Å². The van der Waals surface area contributed by atoms with Crippen molar-refractivity contribution in [3.05, 3.63) is 0 Å². The first-order chi connectivity index (χ1) is 12.0. The van der Waals surface area contributed by atoms with E-state index in [4.69, 9.17) is 10.2 Å². The molecule has 0 saturated carbocycles. The topological polar surface area (TPSA) is 77.4 Å². The Morgan fingerprint density at radius 3 is 1.52 bits per heavy atom. The van der Waals surface area contributed by atoms with Gasteiger partial charge in [-0.05, 0) is 0 Å². The largest absolute Gasteiger partial charge is 0.495 e. The molecule has 0 radical (unpaired) electrons. The maximum absolute atomic E-state index is 13.2. The average Bonchev–Trinajstić information content (AvgIpc) is 2.44. The summed E-state index contributed by atoms with van der Waals surface area (Å²) in [6, 6.07) is 0. The molecule has 0 aromatic rings. The Morgan fingerprint density at radius 1 is 0.630 bits per heavy atom. The van der Waals surface area contributed by atoms with E-state index >= 15 is 0 Å². The molecule has 27 heavy (non-hydrogen) atoms. The van der Waals surface area contributed by atoms with Gasteiger partial charge in [0.2, 0.25) is 0 Å². The molecule has 0 bridgehead atoms. The van der Waals surface area contributed by atoms with Crippen LogP contribution in [0.1, 0.15) is 0 Å². The molecule has 0 amide bonds. The van der Waals surface area contributed by atoms with Gasteiger partial charge in [0.1, 0.15) is 13.2 Å². The van der Waals surface area contributed by atoms with Crippen LogP contribution in [-0.4, -0.2) is 80.2 Å². The van der Waals surface area contributed by atoms with Gasteiger partial charge in [-0.25, -0.2) is 9.47 Å². The van der Waals surface area contributed by atoms with Gasteiger partial charge in [-0.2, -0.15) is 35.1 Å². The number of hydrogen-bond donors (Lipinski definition) is 2. The van der Waals surface area contributed by atoms with Crippen LogP contribution >= 0.6 is 0 Å². The highest BCUT2D eigenvalue weighted by Gasteiger charge is 2.75. The summed E-state index contributed by atoms with van der Waals surface area (Å²) in [6.07, 6.45) is -17.9. The zero-order chi connectivity index (χ0) is 21.6. The standard InChI is InChI=1S/C11H14F10O6/c12-7(13,5-24-3-1-22)9(16,17)10(18,19)27-11(20,21)26-8(14,15)6-25-4-2-23/h22-23H,1-6H2. The lowest BCUT2D eigenvalue weighted by Crippen LogP contribution is -2.59. The lowest BCUT2D eigenvalue weighted by atomic mass is 10.1. The zero-order valence-electron chi connectivity index (χ0n) is 13.0. The molecule has 0 saturated heterocycles. The Bertz CT molecular complexity index is 447. The van der Waals surface area contributed by atoms with Crippen molar-refractivity contribution in [1.29, 1.82) is 0 Å². The molecular formula is C11H14F10O6. The molecule has 0 aliphatic carbocycles. The normalized spacial score (nSPS) is 14.7. The van der Waals surface area contributed by atoms with E-state index in [2.05, 4.69) is 18.9 Å². The van der Waals surface area contributed by atoms with Crippen LogP contribution in [0.3, 0.4) is 0 Å². The second-order valence-electron chi connectivity index (χ2n) is 4.65. The SMILES string of the molecule is OCCOCC(F)(F)OC(F)(F)OC(F)(F)C(F)(F)C(F)(F)COCCO. The summed E-state index contributed by atoms with van der Waals surface area (Å²) in [5.41, 5.74) is 0. The van der Waals surface area contributed by atoms with Crippen LogP contribution in [0.2, 0.25) is 0 Å². The highest BCUT2D eigenvalue weighted by molar-refractivity contribution is 4.92. The highest BCUT2D eigenvalue weighted by atomic mass is 19.4. The van der Waals surface area contributed by atoms with Gasteiger partial charge in [0.15, 0.2) is 0 Å². The van der Waals surface area contributed by atoms with Crippen molar-refractivity contribution in [1.82, 2.24) is 0 Å². The van der Waals surface area contributed by atoms with Crippen LogP contribution in [0, 0.1) is 0 Å². The predicted octanol–water partition coefficient (Wildman–Crippen LogP) is 2.04. The summed E-state index contributed by atoms with van der Waals surface area (Å²) in [7, 11) is 0. The third kappa shape index (κ3) is 7.90. The number of aliphatic hydroxyl groups excluding tert-OH is 2. The fourth-order valence-electron chi connectivity index (χ4n) is 1.26. The molecule has 16 heteroatoms. The van der Waals surface area contributed by atoms with Crippen molar-refractivity contribution >= 4 is 0 Å². The summed E-state index contributed by atoms with van der Waals surface area (Å²) in [5, 5.41) is 16.5. The smallest absolute Gasteiger partial charge is 0.394 e. The summed E-state index contributed by atoms with van der Waals surface area (Å²) in [5.74, 6) is -12.4. The first-order valence-electron chi connectivity index (χ1n) is 6.70. The van der Waals surface area contributed by atoms with Gasteiger partial charge in [-0.1, -0.05) is 0 Å². The molecule has 0 aliphatic rings. The van der Waals surface area contributed by atoms with E-state index in [1.165, 1.54) is 0 Å². The maximum Gasteiger partial charge on any atom is 0.495 e. The molecule has 0 fully saturated rings. The molecule has 0 aromatic heterocycles. The van der Waals surface area contributed by atoms with Gasteiger partial charge >= 0.3 is 30.4 Å². The first-order valence-corrected chi connectivity index (χ1v) is 6.70. The Hall–Kier alpha value is -0.940. The fourth-order valence-corrected chi connectivity index (χ4v) is 1.26. The van der Waals surface area contributed by atoms with Crippen LogP contribution in [-0.2, 0) is 18.9 Å². The predicted molar refractivity (Wildman–Crippen MR) is 62.7 cm³/mol. The first kappa shape index (κ1) is 26.1. The van der Waals surface area contributed by atoms with Gasteiger partial charge in [-0.3, -0.25) is 0 Å². The Balaban J connectivity index is 5.16. The molecule has 0 unspecified atom stereocenters. The summed E-state index contributed by atoms with van der Waals surface area (Å²) in [6.45, 7) is -8.03. The van der Waals surface area contributed by atoms with E-state index in [1.54, 1.807) is 0 Å². The molecule has 0 rings (SSSR count). The van der Waals surface area contributed by atoms with Crippen LogP contribution in [0.4, 0.5) is 43.9 Å². The minimum Gasteiger partial charge on any atom is -0.394 e. The van der Waals surface area contributed by atoms with E-state index in [1.807, 2.05) is 0 Å². The van der Waals surface area contributed by atoms with Gasteiger partial charge in [0.25, 0.3) is 0 Å². The molecule has 0 atom stereocenters. The van der Waals surface area contributed by atoms with Crippen molar-refractivity contribution in [3.63, 3.8) is 0 Å². The number of aliphatic hydroxyl groups is 2. The zero-order valence-corrected chi connectivity index (χ0v) is 13.0. The molecule has 6 nitrogen and oxygen atoms in total. The monoisotopic (exact) mass is 432 g/mol. The molecular weight excluding hydrogens is 418 g/mol. The van der Waals surface area contributed by atoms with Gasteiger partial charge in [0, 0.05) is 0 Å². The van der Waals surface area contributed by atoms with Crippen LogP contribution in [0.5, 0.6) is 0 Å². The second-order valence-corrected chi connectivity index (χ2v) is 4.65. The van der Waals surface area contributed by atoms with Gasteiger partial charge in [-0.15, -0.1) is 8.78 Å². The Labute approximate surface area is 144 Å². The molecule has 0 aromatic carbocycles. The molecule has 0 spiro atoms. The lowest BCUT2D eigenvalue weighted by molar-refractivity contribution is -0.543. The van der Waals surface area contributed by atoms with Gasteiger partial charge in [0.05, 0.1) is 26.4 Å².